The van der Waals surface area contributed by atoms with Crippen LogP contribution in [0.25, 0.3) is 10.9 Å². The van der Waals surface area contributed by atoms with Crippen LogP contribution >= 0.6 is 0 Å². The molecule has 1 saturated carbocycles. The van der Waals surface area contributed by atoms with E-state index in [1.165, 1.54) is 44.1 Å². The van der Waals surface area contributed by atoms with Crippen LogP contribution in [0.1, 0.15) is 55.4 Å². The van der Waals surface area contributed by atoms with Crippen LogP contribution in [0.2, 0.25) is 0 Å². The Morgan fingerprint density at radius 1 is 1.25 bits per heavy atom. The number of fused-ring (bicyclic) bond motifs is 1. The molecule has 2 N–H and O–H groups in total. The van der Waals surface area contributed by atoms with Gasteiger partial charge in [-0.1, -0.05) is 25.3 Å². The molecule has 0 aliphatic heterocycles. The molecule has 1 aliphatic rings. The highest BCUT2D eigenvalue weighted by molar-refractivity contribution is 6.01. The number of ether oxygens (including phenoxy) is 1. The number of hydrogen-bond acceptors (Lipinski definition) is 5. The van der Waals surface area contributed by atoms with Crippen LogP contribution in [0.4, 0.5) is 0 Å². The van der Waals surface area contributed by atoms with Crippen LogP contribution in [0.5, 0.6) is 5.75 Å². The lowest BCUT2D eigenvalue weighted by Gasteiger charge is -2.23. The standard InChI is InChI=1S/C16H18N4O3.C11H15NO/c1-11(5-4-6-20(2)10-21)18-16(22)13-7-12-9-17-19-14(12)8-15(13)23-3;13-11-8-4-5-9-12(11)10-6-2-1-3-7-10/h4-10H,1-3H3,(H,17,19)(H,18,22);4-5,8-10H,1-3,6-7H2/b6-4-,11-5+;. The molecule has 0 atom stereocenters. The van der Waals surface area contributed by atoms with Gasteiger partial charge in [0.05, 0.1) is 24.4 Å². The van der Waals surface area contributed by atoms with Crippen molar-refractivity contribution < 1.29 is 14.3 Å². The van der Waals surface area contributed by atoms with E-state index in [1.54, 1.807) is 56.7 Å². The SMILES string of the molecule is COc1cc2[nH]ncc2cc1C(=O)N/C(C)=C/C=C\N(C)C=O.O=c1ccccn1C1CCCCC1. The summed E-state index contributed by atoms with van der Waals surface area (Å²) in [6.07, 6.45) is 15.4. The quantitative estimate of drug-likeness (QED) is 0.381. The predicted molar refractivity (Wildman–Crippen MR) is 140 cm³/mol. The van der Waals surface area contributed by atoms with Gasteiger partial charge in [0.2, 0.25) is 6.41 Å². The maximum Gasteiger partial charge on any atom is 0.259 e. The Balaban J connectivity index is 0.000000233. The van der Waals surface area contributed by atoms with Crippen LogP contribution in [0, 0.1) is 0 Å². The molecule has 2 aromatic heterocycles. The number of carbonyl (C=O) groups is 2. The van der Waals surface area contributed by atoms with E-state index >= 15 is 0 Å². The lowest BCUT2D eigenvalue weighted by Crippen LogP contribution is -2.24. The molecular weight excluding hydrogens is 458 g/mol. The van der Waals surface area contributed by atoms with Crippen molar-refractivity contribution >= 4 is 23.2 Å². The zero-order valence-corrected chi connectivity index (χ0v) is 20.9. The molecule has 36 heavy (non-hydrogen) atoms. The Labute approximate surface area is 210 Å². The zero-order valence-electron chi connectivity index (χ0n) is 20.9. The average Bonchev–Trinajstić information content (AvgIpc) is 3.36. The zero-order chi connectivity index (χ0) is 25.9. The van der Waals surface area contributed by atoms with Crippen LogP contribution in [-0.4, -0.2) is 46.1 Å². The van der Waals surface area contributed by atoms with Gasteiger partial charge in [-0.05, 0) is 44.1 Å². The molecule has 0 unspecified atom stereocenters. The summed E-state index contributed by atoms with van der Waals surface area (Å²) in [6, 6.07) is 9.31. The summed E-state index contributed by atoms with van der Waals surface area (Å²) in [7, 11) is 3.13. The summed E-state index contributed by atoms with van der Waals surface area (Å²) in [4.78, 5) is 35.7. The number of benzene rings is 1. The molecule has 1 aromatic carbocycles. The van der Waals surface area contributed by atoms with Crippen molar-refractivity contribution in [2.45, 2.75) is 45.1 Å². The third-order valence-electron chi connectivity index (χ3n) is 5.97. The second-order valence-corrected chi connectivity index (χ2v) is 8.66. The number of aromatic amines is 1. The molecule has 3 aromatic rings. The molecule has 4 rings (SSSR count). The van der Waals surface area contributed by atoms with Crippen LogP contribution in [0.15, 0.2) is 71.6 Å². The fraction of sp³-hybridized carbons (Fsp3) is 0.333. The van der Waals surface area contributed by atoms with Gasteiger partial charge >= 0.3 is 0 Å². The Morgan fingerprint density at radius 3 is 2.72 bits per heavy atom. The summed E-state index contributed by atoms with van der Waals surface area (Å²) < 4.78 is 7.15. The topological polar surface area (TPSA) is 109 Å². The van der Waals surface area contributed by atoms with Gasteiger partial charge in [0.25, 0.3) is 11.5 Å². The maximum atomic E-state index is 12.4. The molecule has 1 fully saturated rings. The lowest BCUT2D eigenvalue weighted by atomic mass is 9.95. The van der Waals surface area contributed by atoms with Crippen molar-refractivity contribution in [1.82, 2.24) is 25.0 Å². The summed E-state index contributed by atoms with van der Waals surface area (Å²) in [5.41, 5.74) is 2.00. The fourth-order valence-electron chi connectivity index (χ4n) is 4.06. The normalized spacial score (nSPS) is 14.2. The van der Waals surface area contributed by atoms with Crippen LogP contribution in [0.3, 0.4) is 0 Å². The number of rotatable bonds is 7. The molecule has 2 heterocycles. The van der Waals surface area contributed by atoms with Gasteiger partial charge in [-0.3, -0.25) is 19.5 Å². The minimum absolute atomic E-state index is 0.148. The van der Waals surface area contributed by atoms with Crippen molar-refractivity contribution in [3.63, 3.8) is 0 Å². The summed E-state index contributed by atoms with van der Waals surface area (Å²) in [6.45, 7) is 1.76. The van der Waals surface area contributed by atoms with E-state index in [-0.39, 0.29) is 11.5 Å². The van der Waals surface area contributed by atoms with E-state index in [1.807, 2.05) is 22.9 Å². The van der Waals surface area contributed by atoms with E-state index in [0.717, 1.165) is 10.9 Å². The molecule has 0 spiro atoms. The molecule has 9 heteroatoms. The van der Waals surface area contributed by atoms with Crippen molar-refractivity contribution in [3.8, 4) is 5.75 Å². The van der Waals surface area contributed by atoms with Crippen molar-refractivity contribution in [3.05, 3.63) is 82.7 Å². The van der Waals surface area contributed by atoms with E-state index in [0.29, 0.717) is 29.5 Å². The largest absolute Gasteiger partial charge is 0.496 e. The summed E-state index contributed by atoms with van der Waals surface area (Å²) in [5.74, 6) is 0.180. The van der Waals surface area contributed by atoms with Gasteiger partial charge in [-0.15, -0.1) is 0 Å². The number of amides is 2. The van der Waals surface area contributed by atoms with Crippen LogP contribution in [-0.2, 0) is 4.79 Å². The number of pyridine rings is 1. The molecule has 2 amide bonds. The Kier molecular flexibility index (Phi) is 9.62. The Morgan fingerprint density at radius 2 is 2.03 bits per heavy atom. The van der Waals surface area contributed by atoms with E-state index in [4.69, 9.17) is 4.74 Å². The molecule has 190 valence electrons. The number of nitrogens with zero attached hydrogens (tertiary/aromatic N) is 3. The Bertz CT molecular complexity index is 1280. The smallest absolute Gasteiger partial charge is 0.259 e. The number of hydrogen-bond donors (Lipinski definition) is 2. The monoisotopic (exact) mass is 491 g/mol. The average molecular weight is 492 g/mol. The number of carbonyl (C=O) groups excluding carboxylic acids is 2. The second kappa shape index (κ2) is 13.1. The third-order valence-corrected chi connectivity index (χ3v) is 5.97. The molecule has 1 aliphatic carbocycles. The minimum atomic E-state index is -0.282. The fourth-order valence-corrected chi connectivity index (χ4v) is 4.06. The number of H-pyrrole nitrogens is 1. The van der Waals surface area contributed by atoms with Gasteiger partial charge in [0.15, 0.2) is 0 Å². The number of methoxy groups -OCH3 is 1. The Hall–Kier alpha value is -4.14. The first-order valence-electron chi connectivity index (χ1n) is 11.9. The highest BCUT2D eigenvalue weighted by atomic mass is 16.5. The molecule has 0 radical (unpaired) electrons. The molecule has 9 nitrogen and oxygen atoms in total. The number of nitrogens with one attached hydrogen (secondary N) is 2. The maximum absolute atomic E-state index is 12.4. The molecule has 0 bridgehead atoms. The van der Waals surface area contributed by atoms with E-state index in [9.17, 15) is 14.4 Å². The molecule has 0 saturated heterocycles. The minimum Gasteiger partial charge on any atom is -0.496 e. The predicted octanol–water partition coefficient (Wildman–Crippen LogP) is 4.16. The summed E-state index contributed by atoms with van der Waals surface area (Å²) in [5, 5.41) is 10.4. The van der Waals surface area contributed by atoms with Gasteiger partial charge in [0, 0.05) is 48.7 Å². The van der Waals surface area contributed by atoms with Crippen LogP contribution < -0.4 is 15.6 Å². The van der Waals surface area contributed by atoms with Crippen molar-refractivity contribution in [1.29, 1.82) is 0 Å². The van der Waals surface area contributed by atoms with E-state index in [2.05, 4.69) is 15.5 Å². The highest BCUT2D eigenvalue weighted by Gasteiger charge is 2.15. The van der Waals surface area contributed by atoms with Gasteiger partial charge in [-0.2, -0.15) is 5.10 Å². The second-order valence-electron chi connectivity index (χ2n) is 8.66. The number of allylic oxidation sites excluding steroid dienone is 3. The first kappa shape index (κ1) is 26.5. The van der Waals surface area contributed by atoms with Crippen molar-refractivity contribution in [2.75, 3.05) is 14.2 Å². The van der Waals surface area contributed by atoms with E-state index < -0.39 is 0 Å². The lowest BCUT2D eigenvalue weighted by molar-refractivity contribution is -0.114. The highest BCUT2D eigenvalue weighted by Crippen LogP contribution is 2.26. The van der Waals surface area contributed by atoms with Crippen molar-refractivity contribution in [2.24, 2.45) is 0 Å². The first-order valence-corrected chi connectivity index (χ1v) is 11.9. The summed E-state index contributed by atoms with van der Waals surface area (Å²) >= 11 is 0. The third kappa shape index (κ3) is 7.18. The van der Waals surface area contributed by atoms with Gasteiger partial charge < -0.3 is 19.5 Å². The first-order chi connectivity index (χ1) is 17.4. The van der Waals surface area contributed by atoms with Gasteiger partial charge in [-0.25, -0.2) is 0 Å². The van der Waals surface area contributed by atoms with Gasteiger partial charge in [0.1, 0.15) is 5.75 Å². The molecular formula is C27H33N5O4. The number of aromatic nitrogens is 3.